The summed E-state index contributed by atoms with van der Waals surface area (Å²) in [5.41, 5.74) is -0.185. The molecule has 1 aromatic rings. The predicted molar refractivity (Wildman–Crippen MR) is 84.7 cm³/mol. The highest BCUT2D eigenvalue weighted by Gasteiger charge is 2.17. The molecule has 23 heavy (non-hydrogen) atoms. The van der Waals surface area contributed by atoms with Crippen molar-refractivity contribution in [1.82, 2.24) is 14.4 Å². The lowest BCUT2D eigenvalue weighted by Gasteiger charge is -2.30. The van der Waals surface area contributed by atoms with Crippen LogP contribution in [0.25, 0.3) is 6.08 Å². The average Bonchev–Trinajstić information content (AvgIpc) is 2.89. The number of esters is 1. The summed E-state index contributed by atoms with van der Waals surface area (Å²) in [7, 11) is 1.29. The maximum atomic E-state index is 12.3. The van der Waals surface area contributed by atoms with Crippen LogP contribution >= 0.6 is 11.3 Å². The Bertz CT molecular complexity index is 735. The largest absolute Gasteiger partial charge is 0.466 e. The molecule has 1 aromatic heterocycles. The van der Waals surface area contributed by atoms with Crippen molar-refractivity contribution in [1.29, 1.82) is 0 Å². The number of morpholine rings is 1. The Kier molecular flexibility index (Phi) is 5.21. The molecule has 0 aromatic carbocycles. The van der Waals surface area contributed by atoms with E-state index in [1.54, 1.807) is 4.57 Å². The van der Waals surface area contributed by atoms with Gasteiger partial charge in [-0.3, -0.25) is 19.2 Å². The summed E-state index contributed by atoms with van der Waals surface area (Å²) in [6.45, 7) is 6.33. The van der Waals surface area contributed by atoms with Gasteiger partial charge in [-0.15, -0.1) is 0 Å². The van der Waals surface area contributed by atoms with Gasteiger partial charge in [-0.25, -0.2) is 9.79 Å². The minimum atomic E-state index is -0.523. The van der Waals surface area contributed by atoms with Gasteiger partial charge in [0.05, 0.1) is 33.7 Å². The Labute approximate surface area is 137 Å². The fourth-order valence-corrected chi connectivity index (χ4v) is 3.49. The first-order valence-corrected chi connectivity index (χ1v) is 8.35. The topological polar surface area (TPSA) is 76.4 Å². The summed E-state index contributed by atoms with van der Waals surface area (Å²) in [6.07, 6.45) is 1.23. The molecule has 0 unspecified atom stereocenters. The highest BCUT2D eigenvalue weighted by Crippen LogP contribution is 2.00. The van der Waals surface area contributed by atoms with E-state index in [0.29, 0.717) is 22.7 Å². The van der Waals surface area contributed by atoms with Gasteiger partial charge >= 0.3 is 5.97 Å². The van der Waals surface area contributed by atoms with E-state index in [9.17, 15) is 9.59 Å². The zero-order valence-corrected chi connectivity index (χ0v) is 13.9. The van der Waals surface area contributed by atoms with E-state index in [0.717, 1.165) is 39.4 Å². The van der Waals surface area contributed by atoms with Crippen LogP contribution in [0, 0.1) is 0 Å². The molecule has 3 rings (SSSR count). The summed E-state index contributed by atoms with van der Waals surface area (Å²) in [6, 6.07) is 0. The molecule has 9 heteroatoms. The third-order valence-electron chi connectivity index (χ3n) is 3.92. The molecule has 0 amide bonds. The number of fused-ring (bicyclic) bond motifs is 1. The molecule has 0 aliphatic carbocycles. The zero-order valence-electron chi connectivity index (χ0n) is 13.1. The maximum absolute atomic E-state index is 12.3. The quantitative estimate of drug-likeness (QED) is 0.593. The van der Waals surface area contributed by atoms with Crippen molar-refractivity contribution in [3.05, 3.63) is 19.7 Å². The lowest BCUT2D eigenvalue weighted by Crippen LogP contribution is -2.46. The van der Waals surface area contributed by atoms with Crippen molar-refractivity contribution < 1.29 is 14.3 Å². The van der Waals surface area contributed by atoms with Gasteiger partial charge < -0.3 is 9.47 Å². The number of hydrogen-bond donors (Lipinski definition) is 0. The van der Waals surface area contributed by atoms with Gasteiger partial charge in [0.1, 0.15) is 4.53 Å². The second-order valence-electron chi connectivity index (χ2n) is 5.44. The van der Waals surface area contributed by atoms with Crippen molar-refractivity contribution in [2.45, 2.75) is 6.67 Å². The molecule has 0 N–H and O–H groups in total. The normalized spacial score (nSPS) is 20.1. The molecule has 8 nitrogen and oxygen atoms in total. The van der Waals surface area contributed by atoms with Crippen LogP contribution in [0.2, 0.25) is 0 Å². The van der Waals surface area contributed by atoms with Crippen molar-refractivity contribution in [3.63, 3.8) is 0 Å². The summed E-state index contributed by atoms with van der Waals surface area (Å²) >= 11 is 1.23. The van der Waals surface area contributed by atoms with E-state index in [4.69, 9.17) is 4.74 Å². The molecule has 0 radical (unpaired) electrons. The van der Waals surface area contributed by atoms with Gasteiger partial charge in [0, 0.05) is 32.3 Å². The van der Waals surface area contributed by atoms with Crippen molar-refractivity contribution in [3.8, 4) is 0 Å². The third kappa shape index (κ3) is 3.86. The Hall–Kier alpha value is -1.55. The maximum Gasteiger partial charge on any atom is 0.332 e. The number of carbonyl (C=O) groups excluding carboxylic acids is 1. The first-order valence-electron chi connectivity index (χ1n) is 7.53. The molecule has 126 valence electrons. The Morgan fingerprint density at radius 1 is 1.35 bits per heavy atom. The minimum Gasteiger partial charge on any atom is -0.466 e. The van der Waals surface area contributed by atoms with E-state index < -0.39 is 5.97 Å². The lowest BCUT2D eigenvalue weighted by molar-refractivity contribution is -0.133. The molecule has 0 spiro atoms. The second kappa shape index (κ2) is 7.35. The smallest absolute Gasteiger partial charge is 0.332 e. The van der Waals surface area contributed by atoms with Crippen LogP contribution in [0.4, 0.5) is 0 Å². The summed E-state index contributed by atoms with van der Waals surface area (Å²) in [5.74, 6) is -0.523. The number of ether oxygens (including phenoxy) is 2. The van der Waals surface area contributed by atoms with E-state index in [1.165, 1.54) is 24.5 Å². The molecule has 3 heterocycles. The Morgan fingerprint density at radius 3 is 2.83 bits per heavy atom. The number of rotatable bonds is 4. The van der Waals surface area contributed by atoms with Gasteiger partial charge in [-0.05, 0) is 0 Å². The van der Waals surface area contributed by atoms with Crippen molar-refractivity contribution >= 4 is 23.4 Å². The van der Waals surface area contributed by atoms with Gasteiger partial charge in [0.2, 0.25) is 0 Å². The van der Waals surface area contributed by atoms with Crippen LogP contribution in [0.3, 0.4) is 0 Å². The highest BCUT2D eigenvalue weighted by atomic mass is 32.1. The summed E-state index contributed by atoms with van der Waals surface area (Å²) in [5, 5.41) is 0. The van der Waals surface area contributed by atoms with Crippen LogP contribution in [-0.4, -0.2) is 73.5 Å². The fourth-order valence-electron chi connectivity index (χ4n) is 2.57. The van der Waals surface area contributed by atoms with E-state index >= 15 is 0 Å². The molecular formula is C14H20N4O4S. The van der Waals surface area contributed by atoms with Crippen LogP contribution in [0.5, 0.6) is 0 Å². The van der Waals surface area contributed by atoms with Crippen molar-refractivity contribution in [2.24, 2.45) is 4.99 Å². The number of thiazole rings is 1. The molecular weight excluding hydrogens is 320 g/mol. The van der Waals surface area contributed by atoms with Gasteiger partial charge in [-0.2, -0.15) is 0 Å². The highest BCUT2D eigenvalue weighted by molar-refractivity contribution is 7.07. The third-order valence-corrected chi connectivity index (χ3v) is 4.97. The summed E-state index contributed by atoms with van der Waals surface area (Å²) < 4.78 is 11.9. The van der Waals surface area contributed by atoms with Crippen LogP contribution in [0.15, 0.2) is 9.79 Å². The Balaban J connectivity index is 1.67. The minimum absolute atomic E-state index is 0.185. The number of carbonyl (C=O) groups is 1. The van der Waals surface area contributed by atoms with Gasteiger partial charge in [-0.1, -0.05) is 11.3 Å². The zero-order chi connectivity index (χ0) is 16.2. The van der Waals surface area contributed by atoms with Crippen molar-refractivity contribution in [2.75, 3.05) is 53.2 Å². The van der Waals surface area contributed by atoms with E-state index in [1.807, 2.05) is 0 Å². The fraction of sp³-hybridized carbons (Fsp3) is 0.643. The number of nitrogens with zero attached hydrogens (tertiary/aromatic N) is 4. The number of aromatic nitrogens is 1. The predicted octanol–water partition coefficient (Wildman–Crippen LogP) is -1.95. The van der Waals surface area contributed by atoms with E-state index in [-0.39, 0.29) is 5.56 Å². The van der Waals surface area contributed by atoms with Gasteiger partial charge in [0.15, 0.2) is 4.80 Å². The number of hydrogen-bond acceptors (Lipinski definition) is 8. The molecule has 1 fully saturated rings. The van der Waals surface area contributed by atoms with Crippen LogP contribution < -0.4 is 14.9 Å². The molecule has 2 aliphatic heterocycles. The lowest BCUT2D eigenvalue weighted by atomic mass is 10.4. The SMILES string of the molecule is COC(=O)/C=c1\sc2n(c1=O)CN(CCN1CCOCC1)CN=2. The molecule has 2 aliphatic rings. The van der Waals surface area contributed by atoms with Crippen LogP contribution in [-0.2, 0) is 20.9 Å². The first kappa shape index (κ1) is 16.3. The average molecular weight is 340 g/mol. The standard InChI is InChI=1S/C14H20N4O4S/c1-21-12(19)8-11-13(20)18-10-17(9-15-14(18)23-11)3-2-16-4-6-22-7-5-16/h8H,2-7,9-10H2,1H3/b11-8-. The molecule has 0 bridgehead atoms. The first-order chi connectivity index (χ1) is 11.2. The molecule has 0 saturated carbocycles. The Morgan fingerprint density at radius 2 is 2.09 bits per heavy atom. The molecule has 0 atom stereocenters. The number of methoxy groups -OCH3 is 1. The summed E-state index contributed by atoms with van der Waals surface area (Å²) in [4.78, 5) is 33.2. The monoisotopic (exact) mass is 340 g/mol. The second-order valence-corrected chi connectivity index (χ2v) is 6.45. The van der Waals surface area contributed by atoms with E-state index in [2.05, 4.69) is 19.5 Å². The molecule has 1 saturated heterocycles. The van der Waals surface area contributed by atoms with Gasteiger partial charge in [0.25, 0.3) is 5.56 Å². The van der Waals surface area contributed by atoms with Crippen LogP contribution in [0.1, 0.15) is 0 Å².